The zero-order chi connectivity index (χ0) is 11.5. The van der Waals surface area contributed by atoms with Crippen LogP contribution in [0.4, 0.5) is 11.4 Å². The fraction of sp³-hybridized carbons (Fsp3) is 0.0909. The number of nitrogens with zero attached hydrogens (tertiary/aromatic N) is 1. The van der Waals surface area contributed by atoms with Gasteiger partial charge >= 0.3 is 0 Å². The van der Waals surface area contributed by atoms with Crippen molar-refractivity contribution in [2.45, 2.75) is 0 Å². The highest BCUT2D eigenvalue weighted by Crippen LogP contribution is 2.31. The molecule has 82 valence electrons. The van der Waals surface area contributed by atoms with Gasteiger partial charge in [0.15, 0.2) is 0 Å². The molecule has 0 unspecified atom stereocenters. The van der Waals surface area contributed by atoms with Crippen LogP contribution in [-0.2, 0) is 0 Å². The van der Waals surface area contributed by atoms with Crippen molar-refractivity contribution in [1.82, 2.24) is 0 Å². The van der Waals surface area contributed by atoms with Crippen molar-refractivity contribution in [3.8, 4) is 11.3 Å². The molecule has 0 aliphatic heterocycles. The third-order valence-corrected chi connectivity index (χ3v) is 2.27. The van der Waals surface area contributed by atoms with Gasteiger partial charge in [0.2, 0.25) is 0 Å². The zero-order valence-electron chi connectivity index (χ0n) is 8.64. The number of non-ortho nitro benzene ring substituents is 1. The molecule has 0 atom stereocenters. The second kappa shape index (κ2) is 4.06. The lowest BCUT2D eigenvalue weighted by Gasteiger charge is -2.06. The number of anilines is 1. The molecule has 0 spiro atoms. The molecule has 0 aliphatic carbocycles. The van der Waals surface area contributed by atoms with Gasteiger partial charge in [-0.2, -0.15) is 0 Å². The lowest BCUT2D eigenvalue weighted by Crippen LogP contribution is -1.94. The average Bonchev–Trinajstić information content (AvgIpc) is 2.81. The van der Waals surface area contributed by atoms with Crippen molar-refractivity contribution in [2.24, 2.45) is 0 Å². The van der Waals surface area contributed by atoms with E-state index in [1.54, 1.807) is 25.4 Å². The van der Waals surface area contributed by atoms with Crippen molar-refractivity contribution >= 4 is 11.4 Å². The van der Waals surface area contributed by atoms with E-state index in [0.717, 1.165) is 5.56 Å². The Morgan fingerprint density at radius 2 is 2.19 bits per heavy atom. The first-order chi connectivity index (χ1) is 7.72. The molecule has 1 N–H and O–H groups in total. The maximum atomic E-state index is 10.6. The summed E-state index contributed by atoms with van der Waals surface area (Å²) >= 11 is 0. The summed E-state index contributed by atoms with van der Waals surface area (Å²) in [5.41, 5.74) is 1.53. The SMILES string of the molecule is CNc1cc([N+](=O)[O-])ccc1-c1ccco1. The molecule has 0 amide bonds. The zero-order valence-corrected chi connectivity index (χ0v) is 8.64. The maximum absolute atomic E-state index is 10.6. The number of furan rings is 1. The van der Waals surface area contributed by atoms with Gasteiger partial charge in [-0.1, -0.05) is 0 Å². The number of rotatable bonds is 3. The molecule has 5 nitrogen and oxygen atoms in total. The van der Waals surface area contributed by atoms with Crippen molar-refractivity contribution < 1.29 is 9.34 Å². The Balaban J connectivity index is 2.51. The molecular weight excluding hydrogens is 208 g/mol. The summed E-state index contributed by atoms with van der Waals surface area (Å²) in [7, 11) is 1.71. The summed E-state index contributed by atoms with van der Waals surface area (Å²) in [6, 6.07) is 8.19. The molecule has 0 bridgehead atoms. The Hall–Kier alpha value is -2.30. The third-order valence-electron chi connectivity index (χ3n) is 2.27. The second-order valence-corrected chi connectivity index (χ2v) is 3.21. The largest absolute Gasteiger partial charge is 0.464 e. The van der Waals surface area contributed by atoms with Crippen LogP contribution in [0, 0.1) is 10.1 Å². The number of nitro groups is 1. The van der Waals surface area contributed by atoms with Crippen LogP contribution >= 0.6 is 0 Å². The molecule has 16 heavy (non-hydrogen) atoms. The number of nitrogens with one attached hydrogen (secondary N) is 1. The van der Waals surface area contributed by atoms with Crippen LogP contribution in [0.2, 0.25) is 0 Å². The summed E-state index contributed by atoms with van der Waals surface area (Å²) in [5, 5.41) is 13.5. The topological polar surface area (TPSA) is 68.3 Å². The summed E-state index contributed by atoms with van der Waals surface area (Å²) in [4.78, 5) is 10.2. The Kier molecular flexibility index (Phi) is 2.59. The predicted octanol–water partition coefficient (Wildman–Crippen LogP) is 2.90. The Morgan fingerprint density at radius 1 is 1.38 bits per heavy atom. The first-order valence-electron chi connectivity index (χ1n) is 4.72. The van der Waals surface area contributed by atoms with Gasteiger partial charge in [-0.3, -0.25) is 10.1 Å². The lowest BCUT2D eigenvalue weighted by molar-refractivity contribution is -0.384. The molecule has 1 aromatic carbocycles. The van der Waals surface area contributed by atoms with Gasteiger partial charge in [0.1, 0.15) is 5.76 Å². The lowest BCUT2D eigenvalue weighted by atomic mass is 10.1. The van der Waals surface area contributed by atoms with Gasteiger partial charge in [-0.25, -0.2) is 0 Å². The molecule has 2 rings (SSSR count). The number of benzene rings is 1. The quantitative estimate of drug-likeness (QED) is 0.635. The molecule has 0 aliphatic rings. The van der Waals surface area contributed by atoms with Gasteiger partial charge < -0.3 is 9.73 Å². The van der Waals surface area contributed by atoms with E-state index in [9.17, 15) is 10.1 Å². The van der Waals surface area contributed by atoms with E-state index in [1.807, 2.05) is 6.07 Å². The van der Waals surface area contributed by atoms with E-state index in [-0.39, 0.29) is 5.69 Å². The average molecular weight is 218 g/mol. The minimum absolute atomic E-state index is 0.0552. The molecule has 0 saturated carbocycles. The molecule has 1 heterocycles. The van der Waals surface area contributed by atoms with E-state index in [0.29, 0.717) is 11.4 Å². The van der Waals surface area contributed by atoms with E-state index in [1.165, 1.54) is 12.1 Å². The standard InChI is InChI=1S/C11H10N2O3/c1-12-10-7-8(13(14)15)4-5-9(10)11-3-2-6-16-11/h2-7,12H,1H3. The van der Waals surface area contributed by atoms with Crippen molar-refractivity contribution in [1.29, 1.82) is 0 Å². The van der Waals surface area contributed by atoms with E-state index < -0.39 is 4.92 Å². The highest BCUT2D eigenvalue weighted by atomic mass is 16.6. The van der Waals surface area contributed by atoms with E-state index in [4.69, 9.17) is 4.42 Å². The van der Waals surface area contributed by atoms with Crippen LogP contribution in [0.1, 0.15) is 0 Å². The molecule has 1 aromatic heterocycles. The summed E-state index contributed by atoms with van der Waals surface area (Å²) in [6.07, 6.45) is 1.57. The Labute approximate surface area is 91.9 Å². The van der Waals surface area contributed by atoms with Crippen LogP contribution in [-0.4, -0.2) is 12.0 Å². The third kappa shape index (κ3) is 1.75. The van der Waals surface area contributed by atoms with Crippen LogP contribution in [0.15, 0.2) is 41.0 Å². The summed E-state index contributed by atoms with van der Waals surface area (Å²) in [6.45, 7) is 0. The maximum Gasteiger partial charge on any atom is 0.271 e. The second-order valence-electron chi connectivity index (χ2n) is 3.21. The highest BCUT2D eigenvalue weighted by Gasteiger charge is 2.12. The molecule has 0 saturated heterocycles. The van der Waals surface area contributed by atoms with Crippen molar-refractivity contribution in [3.63, 3.8) is 0 Å². The number of hydrogen-bond acceptors (Lipinski definition) is 4. The van der Waals surface area contributed by atoms with Crippen LogP contribution in [0.25, 0.3) is 11.3 Å². The fourth-order valence-electron chi connectivity index (χ4n) is 1.50. The van der Waals surface area contributed by atoms with E-state index >= 15 is 0 Å². The van der Waals surface area contributed by atoms with Crippen LogP contribution in [0.3, 0.4) is 0 Å². The molecular formula is C11H10N2O3. The number of nitro benzene ring substituents is 1. The normalized spacial score (nSPS) is 10.1. The van der Waals surface area contributed by atoms with Crippen LogP contribution < -0.4 is 5.32 Å². The highest BCUT2D eigenvalue weighted by molar-refractivity contribution is 5.76. The van der Waals surface area contributed by atoms with Gasteiger partial charge in [0.05, 0.1) is 16.9 Å². The first-order valence-corrected chi connectivity index (χ1v) is 4.72. The van der Waals surface area contributed by atoms with Gasteiger partial charge in [-0.05, 0) is 18.2 Å². The molecule has 5 heteroatoms. The summed E-state index contributed by atoms with van der Waals surface area (Å²) in [5.74, 6) is 0.680. The monoisotopic (exact) mass is 218 g/mol. The van der Waals surface area contributed by atoms with E-state index in [2.05, 4.69) is 5.32 Å². The number of hydrogen-bond donors (Lipinski definition) is 1. The van der Waals surface area contributed by atoms with Gasteiger partial charge in [-0.15, -0.1) is 0 Å². The molecule has 2 aromatic rings. The molecule has 0 radical (unpaired) electrons. The van der Waals surface area contributed by atoms with Gasteiger partial charge in [0, 0.05) is 24.7 Å². The van der Waals surface area contributed by atoms with Crippen LogP contribution in [0.5, 0.6) is 0 Å². The minimum atomic E-state index is -0.424. The summed E-state index contributed by atoms with van der Waals surface area (Å²) < 4.78 is 5.25. The fourth-order valence-corrected chi connectivity index (χ4v) is 1.50. The van der Waals surface area contributed by atoms with Crippen molar-refractivity contribution in [3.05, 3.63) is 46.7 Å². The Morgan fingerprint density at radius 3 is 2.75 bits per heavy atom. The predicted molar refractivity (Wildman–Crippen MR) is 60.3 cm³/mol. The van der Waals surface area contributed by atoms with Crippen molar-refractivity contribution in [2.75, 3.05) is 12.4 Å². The smallest absolute Gasteiger partial charge is 0.271 e. The van der Waals surface area contributed by atoms with Gasteiger partial charge in [0.25, 0.3) is 5.69 Å². The molecule has 0 fully saturated rings. The Bertz CT molecular complexity index is 506. The minimum Gasteiger partial charge on any atom is -0.464 e. The first kappa shape index (κ1) is 10.2.